The Morgan fingerprint density at radius 3 is 1.49 bits per heavy atom. The fourth-order valence-electron chi connectivity index (χ4n) is 4.09. The second kappa shape index (κ2) is 19.4. The highest BCUT2D eigenvalue weighted by molar-refractivity contribution is 5.84. The smallest absolute Gasteiger partial charge is 0.229 e. The van der Waals surface area contributed by atoms with Gasteiger partial charge in [0.1, 0.15) is 13.5 Å². The molecule has 2 N–H and O–H groups in total. The van der Waals surface area contributed by atoms with E-state index in [1.165, 1.54) is 12.8 Å². The molecule has 206 valence electrons. The standard InChI is InChI=1S/C17H27NO2.C14H21NO2/c1-4-5-9-12-20-13-18-17(19)16(14(2)3)15-10-7-6-8-11-15;1-4-17-10-15-14(16)13(11(2)3)12-8-6-5-7-9-12/h6-8,10-11,14,16H,4-5,9,12-13H2,1-3H3,(H,18,19);5-9,11,13H,4,10H2,1-3H3,(H,15,16)/t16-;13-/m10/s1. The summed E-state index contributed by atoms with van der Waals surface area (Å²) in [6, 6.07) is 19.8. The average molecular weight is 513 g/mol. The van der Waals surface area contributed by atoms with Gasteiger partial charge in [-0.05, 0) is 36.3 Å². The van der Waals surface area contributed by atoms with E-state index in [1.54, 1.807) is 0 Å². The highest BCUT2D eigenvalue weighted by Gasteiger charge is 2.24. The van der Waals surface area contributed by atoms with E-state index in [2.05, 4.69) is 45.3 Å². The molecule has 2 amide bonds. The van der Waals surface area contributed by atoms with E-state index in [9.17, 15) is 9.59 Å². The van der Waals surface area contributed by atoms with Crippen molar-refractivity contribution >= 4 is 11.8 Å². The van der Waals surface area contributed by atoms with E-state index in [0.717, 1.165) is 17.5 Å². The molecule has 0 saturated carbocycles. The molecule has 2 aromatic carbocycles. The number of rotatable bonds is 15. The largest absolute Gasteiger partial charge is 0.362 e. The van der Waals surface area contributed by atoms with E-state index >= 15 is 0 Å². The zero-order chi connectivity index (χ0) is 27.5. The maximum atomic E-state index is 12.3. The second-order valence-electron chi connectivity index (χ2n) is 9.74. The van der Waals surface area contributed by atoms with Gasteiger partial charge in [0.05, 0.1) is 11.8 Å². The second-order valence-corrected chi connectivity index (χ2v) is 9.74. The van der Waals surface area contributed by atoms with Crippen LogP contribution in [0.25, 0.3) is 0 Å². The minimum absolute atomic E-state index is 0.0275. The number of hydrogen-bond acceptors (Lipinski definition) is 4. The van der Waals surface area contributed by atoms with Crippen LogP contribution in [-0.2, 0) is 19.1 Å². The Labute approximate surface area is 224 Å². The topological polar surface area (TPSA) is 76.7 Å². The summed E-state index contributed by atoms with van der Waals surface area (Å²) >= 11 is 0. The number of benzene rings is 2. The number of amides is 2. The molecule has 6 nitrogen and oxygen atoms in total. The van der Waals surface area contributed by atoms with E-state index < -0.39 is 0 Å². The zero-order valence-electron chi connectivity index (χ0n) is 23.7. The van der Waals surface area contributed by atoms with Gasteiger partial charge in [0.25, 0.3) is 0 Å². The van der Waals surface area contributed by atoms with Crippen LogP contribution in [-0.4, -0.2) is 38.5 Å². The lowest BCUT2D eigenvalue weighted by Gasteiger charge is -2.20. The molecule has 37 heavy (non-hydrogen) atoms. The summed E-state index contributed by atoms with van der Waals surface area (Å²) in [5, 5.41) is 5.68. The monoisotopic (exact) mass is 512 g/mol. The van der Waals surface area contributed by atoms with E-state index in [-0.39, 0.29) is 42.2 Å². The number of hydrogen-bond donors (Lipinski definition) is 2. The lowest BCUT2D eigenvalue weighted by molar-refractivity contribution is -0.126. The lowest BCUT2D eigenvalue weighted by atomic mass is 9.88. The fourth-order valence-corrected chi connectivity index (χ4v) is 4.09. The van der Waals surface area contributed by atoms with Crippen LogP contribution in [0, 0.1) is 11.8 Å². The molecule has 2 rings (SSSR count). The van der Waals surface area contributed by atoms with Crippen LogP contribution in [0.3, 0.4) is 0 Å². The summed E-state index contributed by atoms with van der Waals surface area (Å²) in [6.45, 7) is 14.2. The van der Waals surface area contributed by atoms with Crippen molar-refractivity contribution in [2.24, 2.45) is 11.8 Å². The molecule has 0 saturated heterocycles. The van der Waals surface area contributed by atoms with E-state index in [1.807, 2.05) is 67.6 Å². The summed E-state index contributed by atoms with van der Waals surface area (Å²) in [6.07, 6.45) is 3.41. The first kappa shape index (κ1) is 32.3. The molecule has 2 atom stereocenters. The Morgan fingerprint density at radius 2 is 1.11 bits per heavy atom. The van der Waals surface area contributed by atoms with Crippen molar-refractivity contribution in [1.29, 1.82) is 0 Å². The number of carbonyl (C=O) groups is 2. The van der Waals surface area contributed by atoms with Gasteiger partial charge in [0.15, 0.2) is 0 Å². The summed E-state index contributed by atoms with van der Waals surface area (Å²) in [4.78, 5) is 24.4. The van der Waals surface area contributed by atoms with Gasteiger partial charge < -0.3 is 20.1 Å². The molecule has 6 heteroatoms. The first-order valence-electron chi connectivity index (χ1n) is 13.6. The maximum Gasteiger partial charge on any atom is 0.229 e. The molecule has 0 radical (unpaired) electrons. The maximum absolute atomic E-state index is 12.3. The van der Waals surface area contributed by atoms with Gasteiger partial charge in [-0.25, -0.2) is 0 Å². The van der Waals surface area contributed by atoms with Crippen LogP contribution in [0.5, 0.6) is 0 Å². The van der Waals surface area contributed by atoms with Crippen molar-refractivity contribution in [2.75, 3.05) is 26.7 Å². The van der Waals surface area contributed by atoms with Gasteiger partial charge in [0.2, 0.25) is 11.8 Å². The molecule has 0 aliphatic carbocycles. The Hall–Kier alpha value is -2.70. The molecular formula is C31H48N2O4. The fraction of sp³-hybridized carbons (Fsp3) is 0.548. The Morgan fingerprint density at radius 1 is 0.676 bits per heavy atom. The highest BCUT2D eigenvalue weighted by atomic mass is 16.5. The van der Waals surface area contributed by atoms with Gasteiger partial charge >= 0.3 is 0 Å². The minimum atomic E-state index is -0.115. The molecule has 0 aliphatic rings. The molecule has 0 fully saturated rings. The van der Waals surface area contributed by atoms with Crippen LogP contribution >= 0.6 is 0 Å². The normalized spacial score (nSPS) is 12.4. The zero-order valence-corrected chi connectivity index (χ0v) is 23.7. The Kier molecular flexibility index (Phi) is 17.0. The highest BCUT2D eigenvalue weighted by Crippen LogP contribution is 2.25. The molecule has 0 spiro atoms. The van der Waals surface area contributed by atoms with Gasteiger partial charge in [-0.3, -0.25) is 9.59 Å². The molecule has 0 heterocycles. The number of carbonyl (C=O) groups excluding carboxylic acids is 2. The van der Waals surface area contributed by atoms with Gasteiger partial charge in [-0.1, -0.05) is 108 Å². The molecule has 0 aliphatic heterocycles. The van der Waals surface area contributed by atoms with Crippen molar-refractivity contribution in [1.82, 2.24) is 10.6 Å². The predicted octanol–water partition coefficient (Wildman–Crippen LogP) is 6.24. The van der Waals surface area contributed by atoms with Crippen molar-refractivity contribution < 1.29 is 19.1 Å². The summed E-state index contributed by atoms with van der Waals surface area (Å²) in [7, 11) is 0. The summed E-state index contributed by atoms with van der Waals surface area (Å²) in [5.74, 6) is 0.366. The Balaban J connectivity index is 0.000000375. The van der Waals surface area contributed by atoms with Crippen molar-refractivity contribution in [3.63, 3.8) is 0 Å². The minimum Gasteiger partial charge on any atom is -0.362 e. The summed E-state index contributed by atoms with van der Waals surface area (Å²) in [5.41, 5.74) is 2.11. The summed E-state index contributed by atoms with van der Waals surface area (Å²) < 4.78 is 10.6. The number of nitrogens with one attached hydrogen (secondary N) is 2. The van der Waals surface area contributed by atoms with Gasteiger partial charge in [-0.2, -0.15) is 0 Å². The van der Waals surface area contributed by atoms with Crippen molar-refractivity contribution in [3.8, 4) is 0 Å². The quantitative estimate of drug-likeness (QED) is 0.219. The third-order valence-electron chi connectivity index (χ3n) is 6.01. The first-order chi connectivity index (χ1) is 17.8. The van der Waals surface area contributed by atoms with Crippen molar-refractivity contribution in [3.05, 3.63) is 71.8 Å². The lowest BCUT2D eigenvalue weighted by Crippen LogP contribution is -2.33. The number of ether oxygens (including phenoxy) is 2. The SMILES string of the molecule is CCCCCOCNC(=O)[C@@H](c1ccccc1)C(C)C.CCOCNC(=O)[C@H](c1ccccc1)C(C)C. The predicted molar refractivity (Wildman–Crippen MR) is 151 cm³/mol. The van der Waals surface area contributed by atoms with Crippen LogP contribution in [0.15, 0.2) is 60.7 Å². The van der Waals surface area contributed by atoms with Crippen LogP contribution in [0.4, 0.5) is 0 Å². The van der Waals surface area contributed by atoms with Gasteiger partial charge in [0, 0.05) is 13.2 Å². The van der Waals surface area contributed by atoms with Crippen LogP contribution in [0.1, 0.15) is 83.8 Å². The molecule has 0 unspecified atom stereocenters. The third kappa shape index (κ3) is 12.9. The van der Waals surface area contributed by atoms with Crippen molar-refractivity contribution in [2.45, 2.75) is 72.6 Å². The van der Waals surface area contributed by atoms with E-state index in [0.29, 0.717) is 19.9 Å². The van der Waals surface area contributed by atoms with Gasteiger partial charge in [-0.15, -0.1) is 0 Å². The Bertz CT molecular complexity index is 856. The van der Waals surface area contributed by atoms with Crippen LogP contribution in [0.2, 0.25) is 0 Å². The molecule has 2 aromatic rings. The van der Waals surface area contributed by atoms with E-state index in [4.69, 9.17) is 9.47 Å². The third-order valence-corrected chi connectivity index (χ3v) is 6.01. The van der Waals surface area contributed by atoms with Crippen LogP contribution < -0.4 is 10.6 Å². The molecule has 0 aromatic heterocycles. The first-order valence-corrected chi connectivity index (χ1v) is 13.6. The molecule has 0 bridgehead atoms. The molecular weight excluding hydrogens is 464 g/mol. The number of unbranched alkanes of at least 4 members (excludes halogenated alkanes) is 2. The average Bonchev–Trinajstić information content (AvgIpc) is 2.88.